The van der Waals surface area contributed by atoms with Gasteiger partial charge in [-0.25, -0.2) is 13.6 Å². The van der Waals surface area contributed by atoms with Crippen LogP contribution < -0.4 is 5.32 Å². The Kier molecular flexibility index (Phi) is 7.49. The minimum atomic E-state index is -1.09. The Hall–Kier alpha value is -1.98. The average molecular weight is 313 g/mol. The van der Waals surface area contributed by atoms with Crippen LogP contribution in [0.2, 0.25) is 0 Å². The summed E-state index contributed by atoms with van der Waals surface area (Å²) in [4.78, 5) is 22.9. The second-order valence-corrected chi connectivity index (χ2v) is 5.23. The van der Waals surface area contributed by atoms with Gasteiger partial charge in [0, 0.05) is 0 Å². The fourth-order valence-corrected chi connectivity index (χ4v) is 2.11. The standard InChI is InChI=1S/C16H21F2NO3/c1-2-3-4-5-6-14(16(21)22)19-15(20)10-11-7-8-12(17)13(18)9-11/h7-9,14H,2-6,10H2,1H3,(H,19,20)(H,21,22)/t14-/m1/s1. The lowest BCUT2D eigenvalue weighted by Gasteiger charge is -2.14. The van der Waals surface area contributed by atoms with Gasteiger partial charge in [0.15, 0.2) is 11.6 Å². The van der Waals surface area contributed by atoms with E-state index in [1.807, 2.05) is 0 Å². The first kappa shape index (κ1) is 18.1. The van der Waals surface area contributed by atoms with Crippen LogP contribution in [0.15, 0.2) is 18.2 Å². The molecule has 0 saturated carbocycles. The lowest BCUT2D eigenvalue weighted by Crippen LogP contribution is -2.41. The third-order valence-corrected chi connectivity index (χ3v) is 3.33. The third kappa shape index (κ3) is 6.20. The fourth-order valence-electron chi connectivity index (χ4n) is 2.11. The molecule has 122 valence electrons. The second kappa shape index (κ2) is 9.12. The highest BCUT2D eigenvalue weighted by molar-refractivity contribution is 5.84. The van der Waals surface area contributed by atoms with Gasteiger partial charge in [0.2, 0.25) is 5.91 Å². The number of carbonyl (C=O) groups excluding carboxylic acids is 1. The van der Waals surface area contributed by atoms with Crippen LogP contribution in [-0.4, -0.2) is 23.0 Å². The van der Waals surface area contributed by atoms with Gasteiger partial charge in [-0.1, -0.05) is 38.7 Å². The maximum atomic E-state index is 13.1. The van der Waals surface area contributed by atoms with Gasteiger partial charge in [0.05, 0.1) is 6.42 Å². The first-order valence-corrected chi connectivity index (χ1v) is 7.40. The van der Waals surface area contributed by atoms with Crippen LogP contribution in [-0.2, 0) is 16.0 Å². The van der Waals surface area contributed by atoms with Crippen molar-refractivity contribution in [2.45, 2.75) is 51.5 Å². The average Bonchev–Trinajstić information content (AvgIpc) is 2.46. The lowest BCUT2D eigenvalue weighted by molar-refractivity contribution is -0.142. The first-order chi connectivity index (χ1) is 10.4. The molecule has 0 heterocycles. The molecule has 0 radical (unpaired) electrons. The number of amides is 1. The maximum Gasteiger partial charge on any atom is 0.326 e. The predicted molar refractivity (Wildman–Crippen MR) is 78.4 cm³/mol. The van der Waals surface area contributed by atoms with Crippen LogP contribution in [0.3, 0.4) is 0 Å². The largest absolute Gasteiger partial charge is 0.480 e. The second-order valence-electron chi connectivity index (χ2n) is 5.23. The quantitative estimate of drug-likeness (QED) is 0.689. The van der Waals surface area contributed by atoms with E-state index in [4.69, 9.17) is 5.11 Å². The molecule has 0 aromatic heterocycles. The molecule has 1 aromatic rings. The zero-order chi connectivity index (χ0) is 16.5. The molecule has 0 aliphatic carbocycles. The number of carboxylic acids is 1. The summed E-state index contributed by atoms with van der Waals surface area (Å²) < 4.78 is 25.9. The number of aliphatic carboxylic acids is 1. The smallest absolute Gasteiger partial charge is 0.326 e. The van der Waals surface area contributed by atoms with E-state index in [-0.39, 0.29) is 6.42 Å². The van der Waals surface area contributed by atoms with Gasteiger partial charge in [0.25, 0.3) is 0 Å². The summed E-state index contributed by atoms with van der Waals surface area (Å²) in [6, 6.07) is 2.23. The predicted octanol–water partition coefficient (Wildman–Crippen LogP) is 3.05. The van der Waals surface area contributed by atoms with Crippen molar-refractivity contribution in [2.75, 3.05) is 0 Å². The molecule has 1 amide bonds. The number of halogens is 2. The van der Waals surface area contributed by atoms with E-state index in [0.29, 0.717) is 12.0 Å². The van der Waals surface area contributed by atoms with E-state index in [9.17, 15) is 18.4 Å². The van der Waals surface area contributed by atoms with Gasteiger partial charge in [-0.05, 0) is 24.1 Å². The van der Waals surface area contributed by atoms with Crippen molar-refractivity contribution >= 4 is 11.9 Å². The molecule has 2 N–H and O–H groups in total. The van der Waals surface area contributed by atoms with Crippen molar-refractivity contribution in [1.29, 1.82) is 0 Å². The molecule has 0 unspecified atom stereocenters. The zero-order valence-electron chi connectivity index (χ0n) is 12.6. The van der Waals surface area contributed by atoms with E-state index in [1.54, 1.807) is 0 Å². The van der Waals surface area contributed by atoms with Crippen LogP contribution in [0.5, 0.6) is 0 Å². The summed E-state index contributed by atoms with van der Waals surface area (Å²) >= 11 is 0. The summed E-state index contributed by atoms with van der Waals surface area (Å²) in [6.45, 7) is 2.05. The highest BCUT2D eigenvalue weighted by Crippen LogP contribution is 2.10. The van der Waals surface area contributed by atoms with E-state index >= 15 is 0 Å². The highest BCUT2D eigenvalue weighted by Gasteiger charge is 2.19. The molecule has 0 bridgehead atoms. The molecule has 0 aliphatic rings. The Bertz CT molecular complexity index is 520. The Balaban J connectivity index is 2.52. The maximum absolute atomic E-state index is 13.1. The van der Waals surface area contributed by atoms with Gasteiger partial charge in [-0.15, -0.1) is 0 Å². The van der Waals surface area contributed by atoms with Crippen molar-refractivity contribution in [2.24, 2.45) is 0 Å². The summed E-state index contributed by atoms with van der Waals surface area (Å²) in [5, 5.41) is 11.5. The minimum absolute atomic E-state index is 0.185. The minimum Gasteiger partial charge on any atom is -0.480 e. The van der Waals surface area contributed by atoms with Crippen molar-refractivity contribution in [1.82, 2.24) is 5.32 Å². The molecule has 0 aliphatic heterocycles. The number of carbonyl (C=O) groups is 2. The topological polar surface area (TPSA) is 66.4 Å². The van der Waals surface area contributed by atoms with Gasteiger partial charge in [-0.2, -0.15) is 0 Å². The van der Waals surface area contributed by atoms with E-state index in [2.05, 4.69) is 12.2 Å². The molecule has 0 spiro atoms. The molecule has 1 rings (SSSR count). The van der Waals surface area contributed by atoms with Crippen LogP contribution in [0.25, 0.3) is 0 Å². The Labute approximate surface area is 128 Å². The number of hydrogen-bond donors (Lipinski definition) is 2. The molecule has 0 fully saturated rings. The number of hydrogen-bond acceptors (Lipinski definition) is 2. The lowest BCUT2D eigenvalue weighted by atomic mass is 10.1. The molecule has 22 heavy (non-hydrogen) atoms. The zero-order valence-corrected chi connectivity index (χ0v) is 12.6. The van der Waals surface area contributed by atoms with Gasteiger partial charge < -0.3 is 10.4 Å². The monoisotopic (exact) mass is 313 g/mol. The number of nitrogens with one attached hydrogen (secondary N) is 1. The number of rotatable bonds is 9. The molecular weight excluding hydrogens is 292 g/mol. The fraction of sp³-hybridized carbons (Fsp3) is 0.500. The summed E-state index contributed by atoms with van der Waals surface area (Å²) in [5.41, 5.74) is 0.298. The number of unbranched alkanes of at least 4 members (excludes halogenated alkanes) is 3. The van der Waals surface area contributed by atoms with Crippen molar-refractivity contribution in [3.63, 3.8) is 0 Å². The molecule has 1 atom stereocenters. The highest BCUT2D eigenvalue weighted by atomic mass is 19.2. The Morgan fingerprint density at radius 3 is 2.50 bits per heavy atom. The third-order valence-electron chi connectivity index (χ3n) is 3.33. The molecule has 1 aromatic carbocycles. The molecule has 4 nitrogen and oxygen atoms in total. The van der Waals surface area contributed by atoms with E-state index in [1.165, 1.54) is 6.07 Å². The van der Waals surface area contributed by atoms with Crippen LogP contribution in [0.4, 0.5) is 8.78 Å². The van der Waals surface area contributed by atoms with E-state index in [0.717, 1.165) is 37.8 Å². The SMILES string of the molecule is CCCCCC[C@@H](NC(=O)Cc1ccc(F)c(F)c1)C(=O)O. The first-order valence-electron chi connectivity index (χ1n) is 7.40. The molecular formula is C16H21F2NO3. The van der Waals surface area contributed by atoms with Gasteiger partial charge in [0.1, 0.15) is 6.04 Å². The summed E-state index contributed by atoms with van der Waals surface area (Å²) in [6.07, 6.45) is 3.87. The van der Waals surface area contributed by atoms with Crippen molar-refractivity contribution < 1.29 is 23.5 Å². The van der Waals surface area contributed by atoms with Crippen molar-refractivity contribution in [3.8, 4) is 0 Å². The molecule has 0 saturated heterocycles. The van der Waals surface area contributed by atoms with Gasteiger partial charge >= 0.3 is 5.97 Å². The Morgan fingerprint density at radius 2 is 1.91 bits per heavy atom. The normalized spacial score (nSPS) is 12.0. The van der Waals surface area contributed by atoms with Crippen molar-refractivity contribution in [3.05, 3.63) is 35.4 Å². The summed E-state index contributed by atoms with van der Waals surface area (Å²) in [7, 11) is 0. The summed E-state index contributed by atoms with van der Waals surface area (Å²) in [5.74, 6) is -3.62. The van der Waals surface area contributed by atoms with E-state index < -0.39 is 29.6 Å². The Morgan fingerprint density at radius 1 is 1.18 bits per heavy atom. The van der Waals surface area contributed by atoms with Crippen LogP contribution in [0.1, 0.15) is 44.6 Å². The number of carboxylic acid groups (broad SMARTS) is 1. The molecule has 6 heteroatoms. The number of benzene rings is 1. The van der Waals surface area contributed by atoms with Gasteiger partial charge in [-0.3, -0.25) is 4.79 Å². The van der Waals surface area contributed by atoms with Crippen LogP contribution in [0, 0.1) is 11.6 Å². The van der Waals surface area contributed by atoms with Crippen LogP contribution >= 0.6 is 0 Å².